The maximum atomic E-state index is 13.1. The number of hydrogen-bond donors (Lipinski definition) is 0. The van der Waals surface area contributed by atoms with E-state index in [9.17, 15) is 4.79 Å². The Kier molecular flexibility index (Phi) is 5.42. The number of aromatic nitrogens is 2. The van der Waals surface area contributed by atoms with Gasteiger partial charge in [-0.3, -0.25) is 4.79 Å². The van der Waals surface area contributed by atoms with Gasteiger partial charge in [0.1, 0.15) is 0 Å². The van der Waals surface area contributed by atoms with Gasteiger partial charge in [-0.15, -0.1) is 0 Å². The van der Waals surface area contributed by atoms with E-state index in [1.165, 1.54) is 11.1 Å². The van der Waals surface area contributed by atoms with E-state index in [4.69, 9.17) is 0 Å². The lowest BCUT2D eigenvalue weighted by Crippen LogP contribution is -2.49. The Balaban J connectivity index is 1.45. The van der Waals surface area contributed by atoms with Gasteiger partial charge in [0.05, 0.1) is 0 Å². The van der Waals surface area contributed by atoms with Gasteiger partial charge >= 0.3 is 0 Å². The van der Waals surface area contributed by atoms with Crippen molar-refractivity contribution >= 4 is 11.9 Å². The third-order valence-corrected chi connectivity index (χ3v) is 5.49. The Hall–Kier alpha value is -3.08. The molecular weight excluding hydrogens is 348 g/mol. The minimum atomic E-state index is 0.0856. The maximum absolute atomic E-state index is 13.1. The molecule has 0 bridgehead atoms. The molecule has 0 unspecified atom stereocenters. The lowest BCUT2D eigenvalue weighted by atomic mass is 9.88. The van der Waals surface area contributed by atoms with Gasteiger partial charge in [0, 0.05) is 58.0 Å². The minimum Gasteiger partial charge on any atom is -0.339 e. The molecule has 5 heteroatoms. The molecule has 144 valence electrons. The molecule has 1 aliphatic rings. The Bertz CT molecular complexity index is 859. The summed E-state index contributed by atoms with van der Waals surface area (Å²) < 4.78 is 2.03. The predicted molar refractivity (Wildman–Crippen MR) is 111 cm³/mol. The fraction of sp³-hybridized carbons (Fsp3) is 0.304. The lowest BCUT2D eigenvalue weighted by molar-refractivity contribution is -0.131. The largest absolute Gasteiger partial charge is 0.339 e. The molecule has 4 rings (SSSR count). The van der Waals surface area contributed by atoms with E-state index >= 15 is 0 Å². The van der Waals surface area contributed by atoms with Crippen LogP contribution in [-0.2, 0) is 11.8 Å². The van der Waals surface area contributed by atoms with Crippen LogP contribution in [0.5, 0.6) is 0 Å². The summed E-state index contributed by atoms with van der Waals surface area (Å²) in [5, 5.41) is 0. The van der Waals surface area contributed by atoms with Crippen LogP contribution in [0.25, 0.3) is 0 Å². The smallest absolute Gasteiger partial charge is 0.223 e. The van der Waals surface area contributed by atoms with Crippen LogP contribution in [0.2, 0.25) is 0 Å². The molecule has 5 nitrogen and oxygen atoms in total. The van der Waals surface area contributed by atoms with Crippen LogP contribution in [0.15, 0.2) is 73.1 Å². The average Bonchev–Trinajstić information content (AvgIpc) is 3.19. The average molecular weight is 374 g/mol. The van der Waals surface area contributed by atoms with Crippen LogP contribution >= 0.6 is 0 Å². The molecule has 0 saturated carbocycles. The van der Waals surface area contributed by atoms with Crippen LogP contribution in [0.3, 0.4) is 0 Å². The molecule has 0 radical (unpaired) electrons. The van der Waals surface area contributed by atoms with E-state index in [-0.39, 0.29) is 11.8 Å². The van der Waals surface area contributed by atoms with Gasteiger partial charge in [-0.25, -0.2) is 4.98 Å². The number of carbonyl (C=O) groups is 1. The third-order valence-electron chi connectivity index (χ3n) is 5.49. The molecule has 28 heavy (non-hydrogen) atoms. The van der Waals surface area contributed by atoms with Crippen LogP contribution in [0.4, 0.5) is 5.95 Å². The fourth-order valence-electron chi connectivity index (χ4n) is 3.92. The highest BCUT2D eigenvalue weighted by Crippen LogP contribution is 2.29. The highest BCUT2D eigenvalue weighted by molar-refractivity contribution is 5.78. The molecular formula is C23H26N4O. The van der Waals surface area contributed by atoms with E-state index in [1.807, 2.05) is 65.3 Å². The first-order chi connectivity index (χ1) is 13.7. The number of anilines is 1. The fourth-order valence-corrected chi connectivity index (χ4v) is 3.92. The second kappa shape index (κ2) is 8.30. The van der Waals surface area contributed by atoms with Crippen molar-refractivity contribution in [1.29, 1.82) is 0 Å². The van der Waals surface area contributed by atoms with Gasteiger partial charge in [-0.05, 0) is 11.1 Å². The first-order valence-corrected chi connectivity index (χ1v) is 9.82. The number of piperazine rings is 1. The summed E-state index contributed by atoms with van der Waals surface area (Å²) in [5.74, 6) is 1.28. The number of benzene rings is 2. The van der Waals surface area contributed by atoms with Crippen LogP contribution in [0, 0.1) is 0 Å². The Labute approximate surface area is 166 Å². The van der Waals surface area contributed by atoms with Crippen molar-refractivity contribution in [3.05, 3.63) is 84.2 Å². The van der Waals surface area contributed by atoms with Crippen molar-refractivity contribution in [1.82, 2.24) is 14.5 Å². The summed E-state index contributed by atoms with van der Waals surface area (Å²) in [7, 11) is 2.00. The van der Waals surface area contributed by atoms with Gasteiger partial charge in [-0.2, -0.15) is 0 Å². The van der Waals surface area contributed by atoms with Gasteiger partial charge in [-0.1, -0.05) is 60.7 Å². The standard InChI is InChI=1S/C23H26N4O/c1-25-13-12-24-23(25)27-16-14-26(15-17-27)22(28)18-21(19-8-4-2-5-9-19)20-10-6-3-7-11-20/h2-13,21H,14-18H2,1H3. The third kappa shape index (κ3) is 3.93. The number of amides is 1. The monoisotopic (exact) mass is 374 g/mol. The summed E-state index contributed by atoms with van der Waals surface area (Å²) in [6.45, 7) is 3.11. The molecule has 0 N–H and O–H groups in total. The normalized spacial score (nSPS) is 14.5. The quantitative estimate of drug-likeness (QED) is 0.688. The molecule has 2 aromatic carbocycles. The Morgan fingerprint density at radius 3 is 2.00 bits per heavy atom. The zero-order chi connectivity index (χ0) is 19.3. The minimum absolute atomic E-state index is 0.0856. The molecule has 1 amide bonds. The van der Waals surface area contributed by atoms with Gasteiger partial charge in [0.2, 0.25) is 11.9 Å². The highest BCUT2D eigenvalue weighted by Gasteiger charge is 2.26. The van der Waals surface area contributed by atoms with Crippen molar-refractivity contribution < 1.29 is 4.79 Å². The molecule has 0 spiro atoms. The van der Waals surface area contributed by atoms with Crippen molar-refractivity contribution in [2.45, 2.75) is 12.3 Å². The molecule has 2 heterocycles. The van der Waals surface area contributed by atoms with Crippen molar-refractivity contribution in [2.75, 3.05) is 31.1 Å². The SMILES string of the molecule is Cn1ccnc1N1CCN(C(=O)CC(c2ccccc2)c2ccccc2)CC1. The number of imidazole rings is 1. The topological polar surface area (TPSA) is 41.4 Å². The highest BCUT2D eigenvalue weighted by atomic mass is 16.2. The van der Waals surface area contributed by atoms with E-state index in [1.54, 1.807) is 0 Å². The molecule has 1 aromatic heterocycles. The van der Waals surface area contributed by atoms with Crippen molar-refractivity contribution in [2.24, 2.45) is 7.05 Å². The zero-order valence-electron chi connectivity index (χ0n) is 16.2. The Morgan fingerprint density at radius 2 is 1.50 bits per heavy atom. The molecule has 1 fully saturated rings. The summed E-state index contributed by atoms with van der Waals surface area (Å²) in [6.07, 6.45) is 4.27. The zero-order valence-corrected chi connectivity index (χ0v) is 16.2. The second-order valence-electron chi connectivity index (χ2n) is 7.28. The summed E-state index contributed by atoms with van der Waals surface area (Å²) >= 11 is 0. The summed E-state index contributed by atoms with van der Waals surface area (Å²) in [4.78, 5) is 21.8. The van der Waals surface area contributed by atoms with Crippen molar-refractivity contribution in [3.63, 3.8) is 0 Å². The second-order valence-corrected chi connectivity index (χ2v) is 7.28. The first-order valence-electron chi connectivity index (χ1n) is 9.82. The Morgan fingerprint density at radius 1 is 0.929 bits per heavy atom. The van der Waals surface area contributed by atoms with E-state index in [0.717, 1.165) is 32.1 Å². The van der Waals surface area contributed by atoms with E-state index < -0.39 is 0 Å². The number of aryl methyl sites for hydroxylation is 1. The van der Waals surface area contributed by atoms with Gasteiger partial charge in [0.25, 0.3) is 0 Å². The van der Waals surface area contributed by atoms with Gasteiger partial charge in [0.15, 0.2) is 0 Å². The molecule has 1 aliphatic heterocycles. The van der Waals surface area contributed by atoms with Crippen LogP contribution in [-0.4, -0.2) is 46.5 Å². The van der Waals surface area contributed by atoms with E-state index in [0.29, 0.717) is 6.42 Å². The number of nitrogens with zero attached hydrogens (tertiary/aromatic N) is 4. The molecule has 1 saturated heterocycles. The van der Waals surface area contributed by atoms with Crippen molar-refractivity contribution in [3.8, 4) is 0 Å². The van der Waals surface area contributed by atoms with Crippen LogP contribution in [0.1, 0.15) is 23.5 Å². The number of carbonyl (C=O) groups excluding carboxylic acids is 1. The first kappa shape index (κ1) is 18.3. The van der Waals surface area contributed by atoms with Crippen LogP contribution < -0.4 is 4.90 Å². The molecule has 0 aliphatic carbocycles. The maximum Gasteiger partial charge on any atom is 0.223 e. The number of rotatable bonds is 5. The summed E-state index contributed by atoms with van der Waals surface area (Å²) in [6, 6.07) is 20.7. The predicted octanol–water partition coefficient (Wildman–Crippen LogP) is 3.29. The van der Waals surface area contributed by atoms with Gasteiger partial charge < -0.3 is 14.4 Å². The van der Waals surface area contributed by atoms with E-state index in [2.05, 4.69) is 34.1 Å². The molecule has 0 atom stereocenters. The summed E-state index contributed by atoms with van der Waals surface area (Å²) in [5.41, 5.74) is 2.38. The lowest BCUT2D eigenvalue weighted by Gasteiger charge is -2.36. The number of hydrogen-bond acceptors (Lipinski definition) is 3. The molecule has 3 aromatic rings.